The fourth-order valence-corrected chi connectivity index (χ4v) is 4.40. The lowest BCUT2D eigenvalue weighted by atomic mass is 9.92. The Kier molecular flexibility index (Phi) is 13.8. The van der Waals surface area contributed by atoms with Crippen molar-refractivity contribution in [1.29, 1.82) is 5.26 Å². The summed E-state index contributed by atoms with van der Waals surface area (Å²) >= 11 is 0. The summed E-state index contributed by atoms with van der Waals surface area (Å²) in [5.41, 5.74) is 0.310. The maximum Gasteiger partial charge on any atom is 0.253 e. The highest BCUT2D eigenvalue weighted by molar-refractivity contribution is 5.97. The number of carbonyl (C=O) groups is 3. The van der Waals surface area contributed by atoms with E-state index in [0.29, 0.717) is 12.5 Å². The number of hydrogen-bond acceptors (Lipinski definition) is 7. The number of nitrogens with one attached hydrogen (secondary N) is 3. The second-order valence-electron chi connectivity index (χ2n) is 9.86. The number of carbonyl (C=O) groups excluding carboxylic acids is 3. The van der Waals surface area contributed by atoms with Gasteiger partial charge in [-0.25, -0.2) is 8.78 Å². The molecule has 41 heavy (non-hydrogen) atoms. The number of nitriles is 1. The van der Waals surface area contributed by atoms with Gasteiger partial charge in [-0.2, -0.15) is 5.26 Å². The van der Waals surface area contributed by atoms with Crippen molar-refractivity contribution >= 4 is 17.7 Å². The van der Waals surface area contributed by atoms with Crippen LogP contribution in [0.25, 0.3) is 0 Å². The summed E-state index contributed by atoms with van der Waals surface area (Å²) < 4.78 is 27.9. The molecule has 1 aromatic carbocycles. The number of hydrogen-bond donors (Lipinski definition) is 5. The second-order valence-corrected chi connectivity index (χ2v) is 9.86. The van der Waals surface area contributed by atoms with Crippen LogP contribution in [0.5, 0.6) is 0 Å². The van der Waals surface area contributed by atoms with Gasteiger partial charge in [-0.3, -0.25) is 19.4 Å². The average molecular weight is 574 g/mol. The molecular formula is C29H37F2N5O5. The highest BCUT2D eigenvalue weighted by atomic mass is 19.1. The third-order valence-corrected chi connectivity index (χ3v) is 6.47. The Labute approximate surface area is 238 Å². The predicted molar refractivity (Wildman–Crippen MR) is 146 cm³/mol. The van der Waals surface area contributed by atoms with Gasteiger partial charge in [0.1, 0.15) is 29.9 Å². The minimum absolute atomic E-state index is 0.0781. The van der Waals surface area contributed by atoms with Gasteiger partial charge in [-0.1, -0.05) is 32.6 Å². The third-order valence-electron chi connectivity index (χ3n) is 6.47. The number of rotatable bonds is 16. The number of halogens is 2. The number of benzene rings is 1. The van der Waals surface area contributed by atoms with Crippen LogP contribution < -0.4 is 16.0 Å². The van der Waals surface area contributed by atoms with Crippen molar-refractivity contribution in [2.45, 2.75) is 89.1 Å². The first-order chi connectivity index (χ1) is 19.5. The van der Waals surface area contributed by atoms with E-state index >= 15 is 0 Å². The van der Waals surface area contributed by atoms with Gasteiger partial charge in [-0.15, -0.1) is 0 Å². The van der Waals surface area contributed by atoms with Gasteiger partial charge in [0.25, 0.3) is 5.91 Å². The zero-order valence-electron chi connectivity index (χ0n) is 23.1. The Morgan fingerprint density at radius 2 is 1.68 bits per heavy atom. The van der Waals surface area contributed by atoms with Crippen molar-refractivity contribution in [3.05, 3.63) is 65.5 Å². The highest BCUT2D eigenvalue weighted by Gasteiger charge is 2.35. The molecule has 2 rings (SSSR count). The fourth-order valence-electron chi connectivity index (χ4n) is 4.40. The second kappa shape index (κ2) is 17.0. The molecule has 1 heterocycles. The summed E-state index contributed by atoms with van der Waals surface area (Å²) in [6.45, 7) is 3.20. The third kappa shape index (κ3) is 11.2. The number of pyridine rings is 1. The first-order valence-electron chi connectivity index (χ1n) is 13.5. The lowest BCUT2D eigenvalue weighted by molar-refractivity contribution is -0.127. The largest absolute Gasteiger partial charge is 0.388 e. The molecule has 0 radical (unpaired) electrons. The molecule has 0 aliphatic heterocycles. The zero-order valence-corrected chi connectivity index (χ0v) is 23.1. The molecule has 0 spiro atoms. The molecule has 0 unspecified atom stereocenters. The van der Waals surface area contributed by atoms with E-state index in [1.807, 2.05) is 13.0 Å². The topological polar surface area (TPSA) is 164 Å². The van der Waals surface area contributed by atoms with E-state index in [0.717, 1.165) is 31.4 Å². The van der Waals surface area contributed by atoms with Crippen LogP contribution in [0.2, 0.25) is 0 Å². The minimum Gasteiger partial charge on any atom is -0.388 e. The molecule has 5 atom stereocenters. The van der Waals surface area contributed by atoms with Crippen molar-refractivity contribution < 1.29 is 33.4 Å². The van der Waals surface area contributed by atoms with Crippen molar-refractivity contribution in [3.8, 4) is 6.07 Å². The summed E-state index contributed by atoms with van der Waals surface area (Å²) in [4.78, 5) is 41.9. The van der Waals surface area contributed by atoms with Crippen LogP contribution >= 0.6 is 0 Å². The molecule has 0 aliphatic carbocycles. The van der Waals surface area contributed by atoms with Crippen molar-refractivity contribution in [2.75, 3.05) is 0 Å². The van der Waals surface area contributed by atoms with Gasteiger partial charge in [-0.05, 0) is 42.7 Å². The monoisotopic (exact) mass is 573 g/mol. The van der Waals surface area contributed by atoms with Crippen LogP contribution in [-0.2, 0) is 16.0 Å². The van der Waals surface area contributed by atoms with Crippen molar-refractivity contribution in [2.24, 2.45) is 0 Å². The van der Waals surface area contributed by atoms with E-state index in [1.54, 1.807) is 6.07 Å². The molecule has 2 aromatic rings. The Hall–Kier alpha value is -3.95. The molecule has 222 valence electrons. The molecular weight excluding hydrogens is 536 g/mol. The lowest BCUT2D eigenvalue weighted by Crippen LogP contribution is -2.58. The Bertz CT molecular complexity index is 1170. The van der Waals surface area contributed by atoms with Crippen LogP contribution in [0, 0.1) is 23.0 Å². The van der Waals surface area contributed by atoms with E-state index in [2.05, 4.69) is 20.9 Å². The number of unbranched alkanes of at least 4 members (excludes halogenated alkanes) is 3. The standard InChI is InChI=1S/C29H37F2N5O5/c1-3-4-5-6-9-24(35-28(40)20-8-7-12-33-17-20)29(41)36-25(15-19-13-21(30)16-22(31)14-19)27(39)26(38)23(10-11-32)34-18(2)37/h7-8,12-14,16-17,23-27,38-39H,3-6,9-10,15H2,1-2H3,(H,34,37)(H,35,40)(H,36,41)/t23-,24+,25+,26+,27+/m0/s1. The first-order valence-corrected chi connectivity index (χ1v) is 13.5. The van der Waals surface area contributed by atoms with Gasteiger partial charge >= 0.3 is 0 Å². The molecule has 3 amide bonds. The molecule has 1 aromatic heterocycles. The number of aliphatic hydroxyl groups is 2. The van der Waals surface area contributed by atoms with Crippen LogP contribution in [0.1, 0.15) is 68.3 Å². The number of aliphatic hydroxyl groups excluding tert-OH is 2. The summed E-state index contributed by atoms with van der Waals surface area (Å²) in [6.07, 6.45) is 2.24. The van der Waals surface area contributed by atoms with Crippen molar-refractivity contribution in [1.82, 2.24) is 20.9 Å². The number of amides is 3. The normalized spacial score (nSPS) is 14.6. The summed E-state index contributed by atoms with van der Waals surface area (Å²) in [5, 5.41) is 38.8. The molecule has 0 saturated carbocycles. The minimum atomic E-state index is -1.77. The molecule has 0 aliphatic rings. The average Bonchev–Trinajstić information content (AvgIpc) is 2.92. The molecule has 0 bridgehead atoms. The van der Waals surface area contributed by atoms with Gasteiger partial charge < -0.3 is 26.2 Å². The van der Waals surface area contributed by atoms with E-state index in [1.165, 1.54) is 25.4 Å². The van der Waals surface area contributed by atoms with Crippen LogP contribution in [0.15, 0.2) is 42.7 Å². The maximum atomic E-state index is 13.9. The van der Waals surface area contributed by atoms with E-state index < -0.39 is 59.7 Å². The summed E-state index contributed by atoms with van der Waals surface area (Å²) in [6, 6.07) is 4.09. The Morgan fingerprint density at radius 3 is 2.27 bits per heavy atom. The summed E-state index contributed by atoms with van der Waals surface area (Å²) in [5.74, 6) is -3.55. The molecule has 10 nitrogen and oxygen atoms in total. The predicted octanol–water partition coefficient (Wildman–Crippen LogP) is 2.30. The fraction of sp³-hybridized carbons (Fsp3) is 0.483. The molecule has 0 saturated heterocycles. The van der Waals surface area contributed by atoms with Crippen LogP contribution in [-0.4, -0.2) is 63.3 Å². The summed E-state index contributed by atoms with van der Waals surface area (Å²) in [7, 11) is 0. The number of aromatic nitrogens is 1. The van der Waals surface area contributed by atoms with Gasteiger partial charge in [0.2, 0.25) is 11.8 Å². The molecule has 0 fully saturated rings. The first kappa shape index (κ1) is 33.3. The van der Waals surface area contributed by atoms with Crippen molar-refractivity contribution in [3.63, 3.8) is 0 Å². The van der Waals surface area contributed by atoms with E-state index in [9.17, 15) is 33.4 Å². The smallest absolute Gasteiger partial charge is 0.253 e. The Morgan fingerprint density at radius 1 is 1.00 bits per heavy atom. The highest BCUT2D eigenvalue weighted by Crippen LogP contribution is 2.17. The Balaban J connectivity index is 2.35. The maximum absolute atomic E-state index is 13.9. The van der Waals surface area contributed by atoms with Crippen LogP contribution in [0.4, 0.5) is 8.78 Å². The van der Waals surface area contributed by atoms with E-state index in [-0.39, 0.29) is 30.4 Å². The van der Waals surface area contributed by atoms with Gasteiger partial charge in [0, 0.05) is 25.4 Å². The quantitative estimate of drug-likeness (QED) is 0.192. The van der Waals surface area contributed by atoms with Gasteiger partial charge in [0.05, 0.1) is 30.1 Å². The lowest BCUT2D eigenvalue weighted by Gasteiger charge is -2.33. The zero-order chi connectivity index (χ0) is 30.4. The van der Waals surface area contributed by atoms with E-state index in [4.69, 9.17) is 5.26 Å². The van der Waals surface area contributed by atoms with Gasteiger partial charge in [0.15, 0.2) is 0 Å². The SMILES string of the molecule is CCCCCC[C@@H](NC(=O)c1cccnc1)C(=O)N[C@H](Cc1cc(F)cc(F)c1)[C@@H](O)[C@H](O)[C@H](CC#N)NC(C)=O. The number of nitrogens with zero attached hydrogens (tertiary/aromatic N) is 2. The molecule has 12 heteroatoms. The molecule has 5 N–H and O–H groups in total. The van der Waals surface area contributed by atoms with Crippen LogP contribution in [0.3, 0.4) is 0 Å².